The number of rotatable bonds is 20. The molecule has 0 aromatic heterocycles. The molecule has 0 spiro atoms. The quantitative estimate of drug-likeness (QED) is 0.0514. The van der Waals surface area contributed by atoms with Gasteiger partial charge in [0.1, 0.15) is 37.0 Å². The molecule has 2 fully saturated rings. The minimum absolute atomic E-state index is 0.0230. The maximum absolute atomic E-state index is 14.6. The number of ether oxygens (including phenoxy) is 10. The van der Waals surface area contributed by atoms with Crippen LogP contribution in [0.4, 0.5) is 0 Å². The zero-order valence-corrected chi connectivity index (χ0v) is 44.3. The summed E-state index contributed by atoms with van der Waals surface area (Å²) >= 11 is 1.19. The lowest BCUT2D eigenvalue weighted by molar-refractivity contribution is -0.335. The smallest absolute Gasteiger partial charge is 0.338 e. The van der Waals surface area contributed by atoms with E-state index >= 15 is 0 Å². The number of carbonyl (C=O) groups excluding carboxylic acids is 7. The van der Waals surface area contributed by atoms with E-state index in [9.17, 15) is 33.6 Å². The topological polar surface area (TPSA) is 212 Å². The van der Waals surface area contributed by atoms with Gasteiger partial charge < -0.3 is 47.4 Å². The van der Waals surface area contributed by atoms with Gasteiger partial charge in [-0.1, -0.05) is 134 Å². The molecule has 9 rings (SSSR count). The molecule has 7 aromatic carbocycles. The van der Waals surface area contributed by atoms with Gasteiger partial charge in [-0.2, -0.15) is 0 Å². The summed E-state index contributed by atoms with van der Waals surface area (Å²) in [5, 5.41) is 0. The Morgan fingerprint density at radius 3 is 0.938 bits per heavy atom. The molecular formula is C63H54O17S. The fraction of sp³-hybridized carbons (Fsp3) is 0.222. The van der Waals surface area contributed by atoms with Gasteiger partial charge >= 0.3 is 41.8 Å². The van der Waals surface area contributed by atoms with Crippen molar-refractivity contribution in [2.45, 2.75) is 67.5 Å². The Kier molecular flexibility index (Phi) is 19.5. The average Bonchev–Trinajstić information content (AvgIpc) is 3.71. The van der Waals surface area contributed by atoms with Gasteiger partial charge in [-0.3, -0.25) is 0 Å². The number of carbonyl (C=O) groups is 7. The van der Waals surface area contributed by atoms with Crippen molar-refractivity contribution in [3.8, 4) is 0 Å². The minimum Gasteiger partial charge on any atom is -0.459 e. The molecule has 7 aromatic rings. The maximum Gasteiger partial charge on any atom is 0.338 e. The Hall–Kier alpha value is -8.94. The second-order valence-electron chi connectivity index (χ2n) is 18.3. The number of hydrogen-bond acceptors (Lipinski definition) is 18. The first kappa shape index (κ1) is 56.8. The van der Waals surface area contributed by atoms with E-state index in [0.717, 1.165) is 0 Å². The van der Waals surface area contributed by atoms with Crippen LogP contribution >= 0.6 is 11.8 Å². The van der Waals surface area contributed by atoms with Gasteiger partial charge in [0.2, 0.25) is 0 Å². The lowest BCUT2D eigenvalue weighted by Crippen LogP contribution is -2.67. The highest BCUT2D eigenvalue weighted by atomic mass is 32.2. The Morgan fingerprint density at radius 2 is 0.605 bits per heavy atom. The monoisotopic (exact) mass is 1110 g/mol. The summed E-state index contributed by atoms with van der Waals surface area (Å²) in [7, 11) is 0. The second kappa shape index (κ2) is 27.8. The Morgan fingerprint density at radius 1 is 0.333 bits per heavy atom. The van der Waals surface area contributed by atoms with E-state index in [0.29, 0.717) is 5.75 Å². The highest BCUT2D eigenvalue weighted by Gasteiger charge is 2.58. The normalized spacial score (nSPS) is 22.1. The van der Waals surface area contributed by atoms with Crippen LogP contribution in [0.15, 0.2) is 212 Å². The van der Waals surface area contributed by atoms with E-state index in [1.54, 1.807) is 140 Å². The van der Waals surface area contributed by atoms with Crippen molar-refractivity contribution in [2.75, 3.05) is 19.0 Å². The third kappa shape index (κ3) is 14.7. The molecule has 18 heteroatoms. The van der Waals surface area contributed by atoms with Crippen molar-refractivity contribution in [3.63, 3.8) is 0 Å². The van der Waals surface area contributed by atoms with Gasteiger partial charge in [-0.05, 0) is 90.7 Å². The van der Waals surface area contributed by atoms with E-state index in [1.165, 1.54) is 84.6 Å². The molecule has 6 unspecified atom stereocenters. The molecule has 10 atom stereocenters. The highest BCUT2D eigenvalue weighted by molar-refractivity contribution is 7.99. The van der Waals surface area contributed by atoms with E-state index in [2.05, 4.69) is 0 Å². The third-order valence-corrected chi connectivity index (χ3v) is 13.9. The standard InChI is InChI=1S/C63H54O17S/c1-2-81-63-54(79-61(70)46-36-22-9-23-37-46)52(77-59(68)44-32-18-7-19-33-44)50(48(74-63)39-72-56(65)41-26-12-4-13-27-41)80-62-53(78-60(69)45-34-20-8-21-35-45)51(76-58(67)43-30-16-6-17-31-43)49(75-57(66)42-28-14-5-15-29-42)47(73-62)38-71-55(64)40-24-10-3-11-25-40/h3-37,47-54,62-63H,2,38-39H2,1H3/t47?,48?,49-,50-,51?,52?,53?,54?,62-,63+/m1/s1. The molecule has 0 bridgehead atoms. The van der Waals surface area contributed by atoms with Gasteiger partial charge in [0.15, 0.2) is 36.8 Å². The molecular weight excluding hydrogens is 1060 g/mol. The van der Waals surface area contributed by atoms with Crippen molar-refractivity contribution in [1.82, 2.24) is 0 Å². The van der Waals surface area contributed by atoms with Crippen LogP contribution in [-0.4, -0.2) is 121 Å². The molecule has 414 valence electrons. The van der Waals surface area contributed by atoms with Gasteiger partial charge in [0.05, 0.1) is 38.9 Å². The van der Waals surface area contributed by atoms with Gasteiger partial charge in [-0.25, -0.2) is 33.6 Å². The van der Waals surface area contributed by atoms with Crippen LogP contribution in [0.25, 0.3) is 0 Å². The number of thioether (sulfide) groups is 1. The summed E-state index contributed by atoms with van der Waals surface area (Å²) in [6, 6.07) is 55.5. The van der Waals surface area contributed by atoms with Crippen LogP contribution in [0.5, 0.6) is 0 Å². The van der Waals surface area contributed by atoms with Crippen molar-refractivity contribution in [2.24, 2.45) is 0 Å². The van der Waals surface area contributed by atoms with Crippen molar-refractivity contribution in [1.29, 1.82) is 0 Å². The van der Waals surface area contributed by atoms with E-state index in [1.807, 2.05) is 6.92 Å². The predicted molar refractivity (Wildman–Crippen MR) is 292 cm³/mol. The fourth-order valence-electron chi connectivity index (χ4n) is 8.87. The molecule has 81 heavy (non-hydrogen) atoms. The molecule has 0 N–H and O–H groups in total. The first-order chi connectivity index (χ1) is 39.5. The summed E-state index contributed by atoms with van der Waals surface area (Å²) < 4.78 is 64.0. The lowest BCUT2D eigenvalue weighted by Gasteiger charge is -2.49. The molecule has 0 aliphatic carbocycles. The van der Waals surface area contributed by atoms with Crippen LogP contribution in [0.2, 0.25) is 0 Å². The molecule has 17 nitrogen and oxygen atoms in total. The molecule has 2 aliphatic heterocycles. The summed E-state index contributed by atoms with van der Waals surface area (Å²) in [6.07, 6.45) is -15.6. The van der Waals surface area contributed by atoms with Crippen molar-refractivity contribution < 1.29 is 80.9 Å². The summed E-state index contributed by atoms with van der Waals surface area (Å²) in [6.45, 7) is 0.518. The zero-order valence-electron chi connectivity index (χ0n) is 43.5. The van der Waals surface area contributed by atoms with Gasteiger partial charge in [-0.15, -0.1) is 11.8 Å². The molecule has 2 aliphatic rings. The van der Waals surface area contributed by atoms with E-state index in [-0.39, 0.29) is 38.9 Å². The molecule has 2 saturated heterocycles. The first-order valence-electron chi connectivity index (χ1n) is 25.9. The van der Waals surface area contributed by atoms with Crippen LogP contribution in [0.3, 0.4) is 0 Å². The zero-order chi connectivity index (χ0) is 56.5. The summed E-state index contributed by atoms with van der Waals surface area (Å²) in [4.78, 5) is 99.7. The first-order valence-corrected chi connectivity index (χ1v) is 26.9. The van der Waals surface area contributed by atoms with Crippen LogP contribution in [-0.2, 0) is 47.4 Å². The SMILES string of the molecule is CCS[C@@H]1OC(COC(=O)c2ccccc2)[C@@H](O[C@H]2OC(COC(=O)c3ccccc3)[C@@H](OC(=O)c3ccccc3)C(OC(=O)c3ccccc3)C2OC(=O)c2ccccc2)C(OC(=O)c2ccccc2)C1OC(=O)c1ccccc1. The average molecular weight is 1120 g/mol. The Bertz CT molecular complexity index is 3210. The van der Waals surface area contributed by atoms with Crippen LogP contribution in [0.1, 0.15) is 79.4 Å². The van der Waals surface area contributed by atoms with Crippen molar-refractivity contribution >= 4 is 53.5 Å². The van der Waals surface area contributed by atoms with Gasteiger partial charge in [0.25, 0.3) is 0 Å². The van der Waals surface area contributed by atoms with Gasteiger partial charge in [0, 0.05) is 0 Å². The highest BCUT2D eigenvalue weighted by Crippen LogP contribution is 2.39. The summed E-state index contributed by atoms with van der Waals surface area (Å²) in [5.74, 6) is -5.86. The minimum atomic E-state index is -2.00. The third-order valence-electron chi connectivity index (χ3n) is 12.8. The Balaban J connectivity index is 1.20. The largest absolute Gasteiger partial charge is 0.459 e. The number of benzene rings is 7. The summed E-state index contributed by atoms with van der Waals surface area (Å²) in [5.41, 5.74) is -0.467. The maximum atomic E-state index is 14.6. The van der Waals surface area contributed by atoms with Crippen LogP contribution in [0, 0.1) is 0 Å². The molecule has 0 radical (unpaired) electrons. The van der Waals surface area contributed by atoms with Crippen molar-refractivity contribution in [3.05, 3.63) is 251 Å². The van der Waals surface area contributed by atoms with E-state index in [4.69, 9.17) is 47.4 Å². The predicted octanol–water partition coefficient (Wildman–Crippen LogP) is 9.42. The number of hydrogen-bond donors (Lipinski definition) is 0. The fourth-order valence-corrected chi connectivity index (χ4v) is 9.82. The van der Waals surface area contributed by atoms with E-state index < -0.39 is 116 Å². The Labute approximate surface area is 470 Å². The second-order valence-corrected chi connectivity index (χ2v) is 19.6. The molecule has 0 saturated carbocycles. The molecule has 0 amide bonds. The number of esters is 7. The van der Waals surface area contributed by atoms with Crippen LogP contribution < -0.4 is 0 Å². The lowest BCUT2D eigenvalue weighted by atomic mass is 9.96. The molecule has 2 heterocycles.